The van der Waals surface area contributed by atoms with Crippen molar-refractivity contribution in [2.75, 3.05) is 19.6 Å². The topological polar surface area (TPSA) is 40.6 Å². The van der Waals surface area contributed by atoms with Crippen molar-refractivity contribution in [3.05, 3.63) is 105 Å². The fourth-order valence-corrected chi connectivity index (χ4v) is 5.90. The minimum Gasteiger partial charge on any atom is -0.330 e. The lowest BCUT2D eigenvalue weighted by Crippen LogP contribution is -2.47. The number of halogens is 1. The van der Waals surface area contributed by atoms with Gasteiger partial charge in [0.25, 0.3) is 5.91 Å². The SMILES string of the molecule is CCCN(CC(=O)N1CCc2sccc2C1c1ccc(Cl)cc1)C(=O)c1ccc2ccccc2c1. The highest BCUT2D eigenvalue weighted by atomic mass is 35.5. The van der Waals surface area contributed by atoms with Gasteiger partial charge in [-0.3, -0.25) is 9.59 Å². The van der Waals surface area contributed by atoms with Crippen molar-refractivity contribution in [3.63, 3.8) is 0 Å². The largest absolute Gasteiger partial charge is 0.330 e. The number of benzene rings is 3. The summed E-state index contributed by atoms with van der Waals surface area (Å²) in [5, 5.41) is 4.87. The molecule has 4 nitrogen and oxygen atoms in total. The molecule has 1 aromatic heterocycles. The lowest BCUT2D eigenvalue weighted by Gasteiger charge is -2.37. The number of carbonyl (C=O) groups is 2. The number of carbonyl (C=O) groups excluding carboxylic acids is 2. The molecule has 0 bridgehead atoms. The van der Waals surface area contributed by atoms with Gasteiger partial charge in [-0.05, 0) is 70.5 Å². The van der Waals surface area contributed by atoms with Crippen molar-refractivity contribution in [1.82, 2.24) is 9.80 Å². The van der Waals surface area contributed by atoms with Crippen LogP contribution in [0.25, 0.3) is 10.8 Å². The lowest BCUT2D eigenvalue weighted by atomic mass is 9.93. The normalized spacial score (nSPS) is 15.1. The average molecular weight is 503 g/mol. The minimum absolute atomic E-state index is 0.0376. The van der Waals surface area contributed by atoms with Crippen LogP contribution < -0.4 is 0 Å². The quantitative estimate of drug-likeness (QED) is 0.299. The predicted molar refractivity (Wildman–Crippen MR) is 143 cm³/mol. The highest BCUT2D eigenvalue weighted by molar-refractivity contribution is 7.10. The predicted octanol–water partition coefficient (Wildman–Crippen LogP) is 6.58. The van der Waals surface area contributed by atoms with Crippen molar-refractivity contribution >= 4 is 45.5 Å². The standard InChI is InChI=1S/C29H27ClN2O2S/c1-2-15-31(29(34)23-8-7-20-5-3-4-6-22(20)18-23)19-27(33)32-16-13-26-25(14-17-35-26)28(32)21-9-11-24(30)12-10-21/h3-12,14,17-18,28H,2,13,15-16,19H2,1H3. The van der Waals surface area contributed by atoms with Crippen LogP contribution in [0.1, 0.15) is 45.7 Å². The number of thiophene rings is 1. The third kappa shape index (κ3) is 4.84. The molecule has 4 aromatic rings. The number of hydrogen-bond acceptors (Lipinski definition) is 3. The van der Waals surface area contributed by atoms with Crippen molar-refractivity contribution in [3.8, 4) is 0 Å². The molecule has 0 N–H and O–H groups in total. The van der Waals surface area contributed by atoms with E-state index in [0.29, 0.717) is 23.7 Å². The van der Waals surface area contributed by atoms with Crippen LogP contribution in [0.2, 0.25) is 5.02 Å². The van der Waals surface area contributed by atoms with Gasteiger partial charge in [0.15, 0.2) is 0 Å². The second-order valence-corrected chi connectivity index (χ2v) is 10.3. The maximum absolute atomic E-state index is 13.7. The number of nitrogens with zero attached hydrogens (tertiary/aromatic N) is 2. The Morgan fingerprint density at radius 1 is 1.03 bits per heavy atom. The molecule has 0 fully saturated rings. The van der Waals surface area contributed by atoms with Crippen molar-refractivity contribution in [2.24, 2.45) is 0 Å². The second-order valence-electron chi connectivity index (χ2n) is 8.88. The van der Waals surface area contributed by atoms with Crippen LogP contribution in [0.15, 0.2) is 78.2 Å². The van der Waals surface area contributed by atoms with Gasteiger partial charge in [0.05, 0.1) is 6.04 Å². The zero-order valence-electron chi connectivity index (χ0n) is 19.6. The maximum atomic E-state index is 13.7. The van der Waals surface area contributed by atoms with Gasteiger partial charge in [0, 0.05) is 28.6 Å². The zero-order valence-corrected chi connectivity index (χ0v) is 21.2. The molecule has 0 aliphatic carbocycles. The van der Waals surface area contributed by atoms with Crippen molar-refractivity contribution < 1.29 is 9.59 Å². The molecule has 1 aliphatic heterocycles. The molecule has 1 atom stereocenters. The molecule has 1 unspecified atom stereocenters. The number of amides is 2. The zero-order chi connectivity index (χ0) is 24.4. The first-order valence-electron chi connectivity index (χ1n) is 11.9. The summed E-state index contributed by atoms with van der Waals surface area (Å²) in [5.74, 6) is -0.147. The van der Waals surface area contributed by atoms with Crippen LogP contribution in [0.4, 0.5) is 0 Å². The molecule has 0 spiro atoms. The van der Waals surface area contributed by atoms with E-state index in [9.17, 15) is 9.59 Å². The average Bonchev–Trinajstić information content (AvgIpc) is 3.37. The van der Waals surface area contributed by atoms with E-state index < -0.39 is 0 Å². The van der Waals surface area contributed by atoms with E-state index in [1.54, 1.807) is 16.2 Å². The Hall–Kier alpha value is -3.15. The van der Waals surface area contributed by atoms with Crippen molar-refractivity contribution in [2.45, 2.75) is 25.8 Å². The molecule has 2 amide bonds. The molecule has 0 saturated carbocycles. The number of fused-ring (bicyclic) bond motifs is 2. The lowest BCUT2D eigenvalue weighted by molar-refractivity contribution is -0.134. The van der Waals surface area contributed by atoms with E-state index in [1.165, 1.54) is 10.4 Å². The van der Waals surface area contributed by atoms with Gasteiger partial charge in [-0.25, -0.2) is 0 Å². The van der Waals surface area contributed by atoms with Crippen LogP contribution >= 0.6 is 22.9 Å². The first-order valence-corrected chi connectivity index (χ1v) is 13.2. The Bertz CT molecular complexity index is 1360. The van der Waals surface area contributed by atoms with Crippen LogP contribution in [-0.2, 0) is 11.2 Å². The van der Waals surface area contributed by atoms with E-state index in [1.807, 2.05) is 78.6 Å². The molecule has 3 aromatic carbocycles. The first kappa shape index (κ1) is 23.6. The van der Waals surface area contributed by atoms with E-state index in [4.69, 9.17) is 11.6 Å². The third-order valence-electron chi connectivity index (χ3n) is 6.58. The van der Waals surface area contributed by atoms with Crippen LogP contribution in [0.3, 0.4) is 0 Å². The Morgan fingerprint density at radius 2 is 1.80 bits per heavy atom. The molecule has 0 radical (unpaired) electrons. The number of rotatable bonds is 6. The summed E-state index contributed by atoms with van der Waals surface area (Å²) in [5.41, 5.74) is 2.81. The van der Waals surface area contributed by atoms with Crippen LogP contribution in [0.5, 0.6) is 0 Å². The van der Waals surface area contributed by atoms with Gasteiger partial charge in [-0.15, -0.1) is 11.3 Å². The van der Waals surface area contributed by atoms with Gasteiger partial charge < -0.3 is 9.80 Å². The molecule has 35 heavy (non-hydrogen) atoms. The minimum atomic E-state index is -0.172. The molecule has 178 valence electrons. The van der Waals surface area contributed by atoms with E-state index in [0.717, 1.165) is 29.2 Å². The molecular formula is C29H27ClN2O2S. The van der Waals surface area contributed by atoms with Crippen molar-refractivity contribution in [1.29, 1.82) is 0 Å². The van der Waals surface area contributed by atoms with Gasteiger partial charge in [0.1, 0.15) is 6.54 Å². The molecule has 2 heterocycles. The smallest absolute Gasteiger partial charge is 0.254 e. The number of hydrogen-bond donors (Lipinski definition) is 0. The first-order chi connectivity index (χ1) is 17.0. The third-order valence-corrected chi connectivity index (χ3v) is 7.82. The fourth-order valence-electron chi connectivity index (χ4n) is 4.87. The summed E-state index contributed by atoms with van der Waals surface area (Å²) in [6.45, 7) is 3.24. The summed E-state index contributed by atoms with van der Waals surface area (Å²) in [6, 6.07) is 23.4. The molecule has 5 rings (SSSR count). The summed E-state index contributed by atoms with van der Waals surface area (Å²) in [6.07, 6.45) is 1.61. The Morgan fingerprint density at radius 3 is 2.57 bits per heavy atom. The van der Waals surface area contributed by atoms with Gasteiger partial charge in [0.2, 0.25) is 5.91 Å². The molecular weight excluding hydrogens is 476 g/mol. The van der Waals surface area contributed by atoms with Gasteiger partial charge >= 0.3 is 0 Å². The van der Waals surface area contributed by atoms with E-state index in [2.05, 4.69) is 11.4 Å². The Labute approximate surface area is 214 Å². The molecule has 0 saturated heterocycles. The maximum Gasteiger partial charge on any atom is 0.254 e. The molecule has 6 heteroatoms. The highest BCUT2D eigenvalue weighted by Gasteiger charge is 2.34. The van der Waals surface area contributed by atoms with Crippen LogP contribution in [0, 0.1) is 0 Å². The second kappa shape index (κ2) is 10.2. The summed E-state index contributed by atoms with van der Waals surface area (Å²) in [4.78, 5) is 32.1. The Kier molecular flexibility index (Phi) is 6.89. The summed E-state index contributed by atoms with van der Waals surface area (Å²) >= 11 is 7.88. The summed E-state index contributed by atoms with van der Waals surface area (Å²) < 4.78 is 0. The van der Waals surface area contributed by atoms with E-state index in [-0.39, 0.29) is 24.4 Å². The monoisotopic (exact) mass is 502 g/mol. The summed E-state index contributed by atoms with van der Waals surface area (Å²) in [7, 11) is 0. The Balaban J connectivity index is 1.42. The van der Waals surface area contributed by atoms with Crippen LogP contribution in [-0.4, -0.2) is 41.2 Å². The van der Waals surface area contributed by atoms with Gasteiger partial charge in [-0.2, -0.15) is 0 Å². The fraction of sp³-hybridized carbons (Fsp3) is 0.241. The van der Waals surface area contributed by atoms with E-state index >= 15 is 0 Å². The van der Waals surface area contributed by atoms with Gasteiger partial charge in [-0.1, -0.05) is 61.0 Å². The highest BCUT2D eigenvalue weighted by Crippen LogP contribution is 2.38. The molecule has 1 aliphatic rings.